The van der Waals surface area contributed by atoms with Crippen LogP contribution >= 0.6 is 15.9 Å². The molecule has 0 N–H and O–H groups in total. The van der Waals surface area contributed by atoms with Crippen molar-refractivity contribution in [3.63, 3.8) is 0 Å². The number of anilines is 2. The lowest BCUT2D eigenvalue weighted by Gasteiger charge is -2.29. The molecule has 2 aromatic carbocycles. The minimum Gasteiger partial charge on any atom is -0.273 e. The number of imide groups is 1. The van der Waals surface area contributed by atoms with Crippen molar-refractivity contribution >= 4 is 39.1 Å². The van der Waals surface area contributed by atoms with Gasteiger partial charge in [-0.25, -0.2) is 9.96 Å². The summed E-state index contributed by atoms with van der Waals surface area (Å²) in [7, 11) is 0. The van der Waals surface area contributed by atoms with Crippen molar-refractivity contribution in [2.75, 3.05) is 9.96 Å². The summed E-state index contributed by atoms with van der Waals surface area (Å²) in [5, 5.41) is 1.77. The van der Waals surface area contributed by atoms with Crippen molar-refractivity contribution in [1.29, 1.82) is 0 Å². The van der Waals surface area contributed by atoms with Crippen LogP contribution in [0.2, 0.25) is 0 Å². The number of para-hydroxylation sites is 1. The van der Waals surface area contributed by atoms with Gasteiger partial charge in [0.05, 0.1) is 23.3 Å². The fourth-order valence-electron chi connectivity index (χ4n) is 3.89. The molecule has 4 rings (SSSR count). The second-order valence-electron chi connectivity index (χ2n) is 7.40. The van der Waals surface area contributed by atoms with Gasteiger partial charge in [0.1, 0.15) is 0 Å². The molecule has 0 bridgehead atoms. The molecule has 2 aromatic rings. The largest absolute Gasteiger partial charge is 0.273 e. The topological polar surface area (TPSA) is 49.9 Å². The molecule has 2 aliphatic rings. The lowest BCUT2D eigenvalue weighted by Crippen LogP contribution is -2.41. The summed E-state index contributed by atoms with van der Waals surface area (Å²) in [6.07, 6.45) is -0.00593. The number of carbonyl (C=O) groups is 2. The molecular weight excluding hydrogens is 408 g/mol. The van der Waals surface area contributed by atoms with Crippen LogP contribution in [0.5, 0.6) is 0 Å². The monoisotopic (exact) mass is 428 g/mol. The molecule has 2 fully saturated rings. The van der Waals surface area contributed by atoms with Crippen LogP contribution in [0.1, 0.15) is 20.3 Å². The first-order chi connectivity index (χ1) is 13.0. The maximum absolute atomic E-state index is 13.2. The summed E-state index contributed by atoms with van der Waals surface area (Å²) in [5.74, 6) is -0.604. The summed E-state index contributed by atoms with van der Waals surface area (Å²) >= 11 is 3.38. The van der Waals surface area contributed by atoms with E-state index in [0.29, 0.717) is 11.6 Å². The average molecular weight is 429 g/mol. The van der Waals surface area contributed by atoms with E-state index in [1.165, 1.54) is 4.90 Å². The number of benzene rings is 2. The molecule has 5 nitrogen and oxygen atoms in total. The predicted molar refractivity (Wildman–Crippen MR) is 107 cm³/mol. The van der Waals surface area contributed by atoms with Gasteiger partial charge in [0.15, 0.2) is 6.10 Å². The molecule has 2 heterocycles. The van der Waals surface area contributed by atoms with E-state index in [2.05, 4.69) is 29.8 Å². The first kappa shape index (κ1) is 18.2. The highest BCUT2D eigenvalue weighted by Gasteiger charge is 2.59. The van der Waals surface area contributed by atoms with Crippen molar-refractivity contribution in [1.82, 2.24) is 0 Å². The highest BCUT2D eigenvalue weighted by Crippen LogP contribution is 2.42. The van der Waals surface area contributed by atoms with Crippen molar-refractivity contribution < 1.29 is 14.4 Å². The Kier molecular flexibility index (Phi) is 4.78. The van der Waals surface area contributed by atoms with Gasteiger partial charge < -0.3 is 0 Å². The van der Waals surface area contributed by atoms with E-state index in [4.69, 9.17) is 4.84 Å². The molecule has 2 saturated heterocycles. The van der Waals surface area contributed by atoms with E-state index in [1.54, 1.807) is 17.2 Å². The minimum atomic E-state index is -0.773. The van der Waals surface area contributed by atoms with Crippen LogP contribution in [-0.2, 0) is 14.4 Å². The molecule has 0 unspecified atom stereocenters. The standard InChI is InChI=1S/C21H21BrN2O3/c1-13(2)12-17-18-19(27-24(17)16-6-4-3-5-7-16)21(26)23(20(18)25)15-10-8-14(22)9-11-15/h3-11,13,17-19H,12H2,1-2H3/t17-,18+,19+/m0/s1. The molecule has 27 heavy (non-hydrogen) atoms. The third-order valence-electron chi connectivity index (χ3n) is 5.05. The Morgan fingerprint density at radius 1 is 0.963 bits per heavy atom. The molecule has 0 aliphatic carbocycles. The minimum absolute atomic E-state index is 0.172. The van der Waals surface area contributed by atoms with Crippen LogP contribution in [0.25, 0.3) is 0 Å². The van der Waals surface area contributed by atoms with Gasteiger partial charge >= 0.3 is 0 Å². The Labute approximate surface area is 167 Å². The number of carbonyl (C=O) groups excluding carboxylic acids is 2. The number of nitrogens with zero attached hydrogens (tertiary/aromatic N) is 2. The van der Waals surface area contributed by atoms with Crippen LogP contribution in [-0.4, -0.2) is 24.0 Å². The SMILES string of the molecule is CC(C)C[C@H]1[C@H]2C(=O)N(c3ccc(Br)cc3)C(=O)[C@@H]2ON1c1ccccc1. The van der Waals surface area contributed by atoms with Crippen molar-refractivity contribution in [3.05, 3.63) is 59.1 Å². The molecule has 2 amide bonds. The van der Waals surface area contributed by atoms with Gasteiger partial charge in [-0.15, -0.1) is 0 Å². The normalized spacial score (nSPS) is 24.8. The fourth-order valence-corrected chi connectivity index (χ4v) is 4.15. The van der Waals surface area contributed by atoms with Gasteiger partial charge in [-0.2, -0.15) is 0 Å². The molecule has 2 aliphatic heterocycles. The lowest BCUT2D eigenvalue weighted by molar-refractivity contribution is -0.126. The first-order valence-corrected chi connectivity index (χ1v) is 9.91. The molecule has 0 aromatic heterocycles. The zero-order valence-electron chi connectivity index (χ0n) is 15.2. The van der Waals surface area contributed by atoms with Gasteiger partial charge in [-0.1, -0.05) is 48.0 Å². The molecule has 0 spiro atoms. The second-order valence-corrected chi connectivity index (χ2v) is 8.31. The van der Waals surface area contributed by atoms with Gasteiger partial charge in [0.25, 0.3) is 5.91 Å². The Morgan fingerprint density at radius 3 is 2.26 bits per heavy atom. The smallest absolute Gasteiger partial charge is 0.266 e. The van der Waals surface area contributed by atoms with Crippen molar-refractivity contribution in [2.24, 2.45) is 11.8 Å². The van der Waals surface area contributed by atoms with E-state index in [9.17, 15) is 9.59 Å². The number of rotatable bonds is 4. The number of amides is 2. The molecular formula is C21H21BrN2O3. The first-order valence-electron chi connectivity index (χ1n) is 9.12. The third kappa shape index (κ3) is 3.17. The van der Waals surface area contributed by atoms with Crippen LogP contribution in [0.3, 0.4) is 0 Å². The third-order valence-corrected chi connectivity index (χ3v) is 5.58. The number of hydrogen-bond donors (Lipinski definition) is 0. The summed E-state index contributed by atoms with van der Waals surface area (Å²) in [6.45, 7) is 4.23. The summed E-state index contributed by atoms with van der Waals surface area (Å²) in [5.41, 5.74) is 1.45. The van der Waals surface area contributed by atoms with Crippen LogP contribution in [0, 0.1) is 11.8 Å². The van der Waals surface area contributed by atoms with Crippen LogP contribution in [0.4, 0.5) is 11.4 Å². The van der Waals surface area contributed by atoms with E-state index in [0.717, 1.165) is 16.6 Å². The maximum atomic E-state index is 13.2. The van der Waals surface area contributed by atoms with E-state index >= 15 is 0 Å². The Morgan fingerprint density at radius 2 is 1.63 bits per heavy atom. The van der Waals surface area contributed by atoms with Crippen molar-refractivity contribution in [2.45, 2.75) is 32.4 Å². The van der Waals surface area contributed by atoms with Gasteiger partial charge in [-0.3, -0.25) is 14.4 Å². The van der Waals surface area contributed by atoms with Crippen LogP contribution < -0.4 is 9.96 Å². The summed E-state index contributed by atoms with van der Waals surface area (Å²) in [6, 6.07) is 16.7. The van der Waals surface area contributed by atoms with Gasteiger partial charge in [-0.05, 0) is 48.7 Å². The Hall–Kier alpha value is -2.18. The highest BCUT2D eigenvalue weighted by molar-refractivity contribution is 9.10. The number of fused-ring (bicyclic) bond motifs is 1. The maximum Gasteiger partial charge on any atom is 0.266 e. The molecule has 140 valence electrons. The van der Waals surface area contributed by atoms with E-state index in [-0.39, 0.29) is 17.9 Å². The number of hydroxylamine groups is 1. The fraction of sp³-hybridized carbons (Fsp3) is 0.333. The second kappa shape index (κ2) is 7.09. The number of halogens is 1. The van der Waals surface area contributed by atoms with E-state index < -0.39 is 12.0 Å². The molecule has 0 saturated carbocycles. The quantitative estimate of drug-likeness (QED) is 0.685. The molecule has 0 radical (unpaired) electrons. The Balaban J connectivity index is 1.69. The van der Waals surface area contributed by atoms with Gasteiger partial charge in [0.2, 0.25) is 5.91 Å². The Bertz CT molecular complexity index is 853. The molecule has 6 heteroatoms. The summed E-state index contributed by atoms with van der Waals surface area (Å²) < 4.78 is 0.898. The van der Waals surface area contributed by atoms with Crippen molar-refractivity contribution in [3.8, 4) is 0 Å². The average Bonchev–Trinajstić information content (AvgIpc) is 3.13. The zero-order chi connectivity index (χ0) is 19.1. The van der Waals surface area contributed by atoms with E-state index in [1.807, 2.05) is 42.5 Å². The van der Waals surface area contributed by atoms with Crippen LogP contribution in [0.15, 0.2) is 59.1 Å². The summed E-state index contributed by atoms with van der Waals surface area (Å²) in [4.78, 5) is 33.6. The zero-order valence-corrected chi connectivity index (χ0v) is 16.8. The predicted octanol–water partition coefficient (Wildman–Crippen LogP) is 4.17. The number of hydrogen-bond acceptors (Lipinski definition) is 4. The lowest BCUT2D eigenvalue weighted by atomic mass is 9.90. The van der Waals surface area contributed by atoms with Gasteiger partial charge in [0, 0.05) is 4.47 Å². The molecule has 3 atom stereocenters. The highest BCUT2D eigenvalue weighted by atomic mass is 79.9.